The molecule has 0 unspecified atom stereocenters. The van der Waals surface area contributed by atoms with Crippen molar-refractivity contribution >= 4 is 49.3 Å². The van der Waals surface area contributed by atoms with Crippen molar-refractivity contribution in [3.8, 4) is 69.3 Å². The first-order valence-electron chi connectivity index (χ1n) is 19.7. The van der Waals surface area contributed by atoms with E-state index in [2.05, 4.69) is 68.6 Å². The van der Waals surface area contributed by atoms with E-state index < -0.39 is 0 Å². The van der Waals surface area contributed by atoms with Gasteiger partial charge in [-0.1, -0.05) is 78.9 Å². The van der Waals surface area contributed by atoms with Crippen molar-refractivity contribution in [1.29, 1.82) is 21.0 Å². The van der Waals surface area contributed by atoms with E-state index in [-0.39, 0.29) is 0 Å². The lowest BCUT2D eigenvalue weighted by atomic mass is 9.97. The molecule has 0 aliphatic carbocycles. The first-order valence-corrected chi connectivity index (χ1v) is 19.7. The number of hydrogen-bond donors (Lipinski definition) is 0. The molecule has 0 aliphatic heterocycles. The van der Waals surface area contributed by atoms with Gasteiger partial charge in [0.25, 0.3) is 0 Å². The second-order valence-electron chi connectivity index (χ2n) is 15.1. The largest absolute Gasteiger partial charge is 0.308 e. The minimum atomic E-state index is 0.390. The van der Waals surface area contributed by atoms with Gasteiger partial charge in [-0.3, -0.25) is 0 Å². The third-order valence-electron chi connectivity index (χ3n) is 11.4. The Hall–Kier alpha value is -9.33. The number of rotatable bonds is 5. The standard InChI is InChI=1S/C53H29N9/c1-31-20-32(2)60-53(59-31)46-26-49(61-47-10-6-4-8-42(47)44-17-13-34(23-50(44)61)40-16-12-33(27-54)21-36(40)28-55)38(30-57)25-52(46)62-48-11-7-5-9-43(48)45-18-14-35(24-51(45)62)41-19-15-39(58-3)22-37(41)29-56/h4-26H,1-2H3. The summed E-state index contributed by atoms with van der Waals surface area (Å²) in [6.45, 7) is 11.4. The molecule has 0 radical (unpaired) electrons. The van der Waals surface area contributed by atoms with E-state index in [9.17, 15) is 21.0 Å². The van der Waals surface area contributed by atoms with Gasteiger partial charge in [0.1, 0.15) is 6.07 Å². The Labute approximate surface area is 355 Å². The fourth-order valence-electron chi connectivity index (χ4n) is 8.76. The van der Waals surface area contributed by atoms with Crippen molar-refractivity contribution in [1.82, 2.24) is 19.1 Å². The van der Waals surface area contributed by atoms with Crippen LogP contribution in [0.2, 0.25) is 0 Å². The van der Waals surface area contributed by atoms with Crippen molar-refractivity contribution in [2.24, 2.45) is 0 Å². The summed E-state index contributed by atoms with van der Waals surface area (Å²) in [7, 11) is 0. The van der Waals surface area contributed by atoms with Crippen LogP contribution in [0.1, 0.15) is 33.6 Å². The van der Waals surface area contributed by atoms with Gasteiger partial charge in [-0.05, 0) is 96.8 Å². The number of fused-ring (bicyclic) bond motifs is 6. The lowest BCUT2D eigenvalue weighted by Gasteiger charge is -2.19. The van der Waals surface area contributed by atoms with E-state index in [0.717, 1.165) is 66.1 Å². The highest BCUT2D eigenvalue weighted by Crippen LogP contribution is 2.42. The number of nitriles is 4. The first-order chi connectivity index (χ1) is 30.3. The van der Waals surface area contributed by atoms with Gasteiger partial charge in [-0.25, -0.2) is 14.8 Å². The van der Waals surface area contributed by atoms with Crippen LogP contribution in [-0.2, 0) is 0 Å². The molecule has 10 rings (SSSR count). The number of nitrogens with zero attached hydrogens (tertiary/aromatic N) is 9. The molecule has 0 atom stereocenters. The molecule has 0 amide bonds. The smallest absolute Gasteiger partial charge is 0.188 e. The summed E-state index contributed by atoms with van der Waals surface area (Å²) in [5.74, 6) is 0.490. The summed E-state index contributed by atoms with van der Waals surface area (Å²) in [5.41, 5.74) is 12.0. The highest BCUT2D eigenvalue weighted by molar-refractivity contribution is 6.12. The zero-order valence-corrected chi connectivity index (χ0v) is 33.3. The Morgan fingerprint density at radius 2 is 1.00 bits per heavy atom. The normalized spacial score (nSPS) is 11.0. The van der Waals surface area contributed by atoms with Crippen molar-refractivity contribution in [3.05, 3.63) is 185 Å². The Morgan fingerprint density at radius 1 is 0.468 bits per heavy atom. The van der Waals surface area contributed by atoms with Crippen LogP contribution in [0, 0.1) is 65.7 Å². The van der Waals surface area contributed by atoms with Crippen LogP contribution in [0.3, 0.4) is 0 Å². The van der Waals surface area contributed by atoms with Gasteiger partial charge in [0, 0.05) is 44.1 Å². The first kappa shape index (κ1) is 37.0. The fourth-order valence-corrected chi connectivity index (χ4v) is 8.76. The third-order valence-corrected chi connectivity index (χ3v) is 11.4. The molecule has 0 fully saturated rings. The molecular weight excluding hydrogens is 763 g/mol. The van der Waals surface area contributed by atoms with Gasteiger partial charge in [-0.2, -0.15) is 21.0 Å². The fraction of sp³-hybridized carbons (Fsp3) is 0.0377. The minimum absolute atomic E-state index is 0.390. The van der Waals surface area contributed by atoms with Crippen molar-refractivity contribution in [2.45, 2.75) is 13.8 Å². The van der Waals surface area contributed by atoms with Gasteiger partial charge < -0.3 is 9.13 Å². The Morgan fingerprint density at radius 3 is 1.56 bits per heavy atom. The quantitative estimate of drug-likeness (QED) is 0.159. The molecule has 0 bridgehead atoms. The van der Waals surface area contributed by atoms with E-state index in [1.807, 2.05) is 92.7 Å². The monoisotopic (exact) mass is 791 g/mol. The van der Waals surface area contributed by atoms with E-state index in [1.54, 1.807) is 30.3 Å². The number of aromatic nitrogens is 4. The zero-order valence-electron chi connectivity index (χ0n) is 33.3. The Balaban J connectivity index is 1.30. The summed E-state index contributed by atoms with van der Waals surface area (Å²) in [6.07, 6.45) is 0. The second kappa shape index (κ2) is 14.5. The third kappa shape index (κ3) is 5.81. The topological polar surface area (TPSA) is 135 Å². The molecule has 0 saturated heterocycles. The maximum absolute atomic E-state index is 11.2. The van der Waals surface area contributed by atoms with Gasteiger partial charge >= 0.3 is 0 Å². The average molecular weight is 792 g/mol. The molecule has 0 aliphatic rings. The number of benzene rings is 7. The molecule has 9 heteroatoms. The van der Waals surface area contributed by atoms with Gasteiger partial charge in [0.2, 0.25) is 0 Å². The van der Waals surface area contributed by atoms with Crippen LogP contribution < -0.4 is 0 Å². The maximum atomic E-state index is 11.2. The van der Waals surface area contributed by atoms with Crippen LogP contribution in [0.15, 0.2) is 140 Å². The number of aryl methyl sites for hydroxylation is 2. The van der Waals surface area contributed by atoms with E-state index >= 15 is 0 Å². The molecule has 62 heavy (non-hydrogen) atoms. The summed E-state index contributed by atoms with van der Waals surface area (Å²) < 4.78 is 4.24. The molecule has 3 heterocycles. The zero-order chi connectivity index (χ0) is 42.6. The maximum Gasteiger partial charge on any atom is 0.188 e. The molecule has 0 N–H and O–H groups in total. The lowest BCUT2D eigenvalue weighted by molar-refractivity contribution is 1.05. The highest BCUT2D eigenvalue weighted by Gasteiger charge is 2.24. The van der Waals surface area contributed by atoms with Crippen molar-refractivity contribution < 1.29 is 0 Å². The van der Waals surface area contributed by atoms with Crippen molar-refractivity contribution in [3.63, 3.8) is 0 Å². The average Bonchev–Trinajstić information content (AvgIpc) is 3.82. The molecule has 7 aromatic carbocycles. The number of hydrogen-bond acceptors (Lipinski definition) is 6. The number of para-hydroxylation sites is 2. The van der Waals surface area contributed by atoms with Crippen LogP contribution in [0.5, 0.6) is 0 Å². The summed E-state index contributed by atoms with van der Waals surface area (Å²) in [5, 5.41) is 44.9. The Bertz CT molecular complexity index is 3770. The van der Waals surface area contributed by atoms with E-state index in [1.165, 1.54) is 0 Å². The van der Waals surface area contributed by atoms with E-state index in [0.29, 0.717) is 61.8 Å². The second-order valence-corrected chi connectivity index (χ2v) is 15.1. The molecular formula is C53H29N9. The lowest BCUT2D eigenvalue weighted by Crippen LogP contribution is -2.06. The van der Waals surface area contributed by atoms with Gasteiger partial charge in [0.15, 0.2) is 11.5 Å². The van der Waals surface area contributed by atoms with E-state index in [4.69, 9.17) is 16.5 Å². The summed E-state index contributed by atoms with van der Waals surface area (Å²) >= 11 is 0. The summed E-state index contributed by atoms with van der Waals surface area (Å²) in [4.78, 5) is 13.5. The van der Waals surface area contributed by atoms with Crippen LogP contribution in [0.25, 0.3) is 93.5 Å². The molecule has 0 spiro atoms. The molecule has 3 aromatic heterocycles. The minimum Gasteiger partial charge on any atom is -0.308 e. The summed E-state index contributed by atoms with van der Waals surface area (Å²) in [6, 6.07) is 53.7. The SMILES string of the molecule is [C-]#[N+]c1ccc(-c2ccc3c4ccccc4n(-c4cc(C#N)c(-n5c6ccccc6c6ccc(-c7ccc(C#N)cc7C#N)cc65)cc4-c4nc(C)cc(C)n4)c3c2)c(C#N)c1. The highest BCUT2D eigenvalue weighted by atomic mass is 15.0. The van der Waals surface area contributed by atoms with Crippen LogP contribution in [0.4, 0.5) is 5.69 Å². The van der Waals surface area contributed by atoms with Crippen molar-refractivity contribution in [2.75, 3.05) is 0 Å². The van der Waals surface area contributed by atoms with Crippen LogP contribution >= 0.6 is 0 Å². The van der Waals surface area contributed by atoms with Crippen LogP contribution in [-0.4, -0.2) is 19.1 Å². The molecule has 0 saturated carbocycles. The molecule has 10 aromatic rings. The molecule has 286 valence electrons. The predicted octanol–water partition coefficient (Wildman–Crippen LogP) is 12.3. The Kier molecular flexibility index (Phi) is 8.64. The molecule has 9 nitrogen and oxygen atoms in total. The van der Waals surface area contributed by atoms with Gasteiger partial charge in [0.05, 0.1) is 74.9 Å². The van der Waals surface area contributed by atoms with Gasteiger partial charge in [-0.15, -0.1) is 0 Å². The predicted molar refractivity (Wildman–Crippen MR) is 242 cm³/mol.